The van der Waals surface area contributed by atoms with Crippen molar-refractivity contribution in [2.45, 2.75) is 6.10 Å². The fourth-order valence-corrected chi connectivity index (χ4v) is 2.99. The minimum atomic E-state index is -0.713. The summed E-state index contributed by atoms with van der Waals surface area (Å²) in [4.78, 5) is 30.5. The Labute approximate surface area is 159 Å². The average Bonchev–Trinajstić information content (AvgIpc) is 2.69. The molecule has 0 spiro atoms. The van der Waals surface area contributed by atoms with E-state index >= 15 is 0 Å². The SMILES string of the molecule is COc1cccc2cc(C(=O)N3CC(Oc4cc(C#N)ccn4)C3)c(=O)oc12. The molecule has 3 aromatic rings. The van der Waals surface area contributed by atoms with Crippen LogP contribution in [0, 0.1) is 11.3 Å². The number of amides is 1. The lowest BCUT2D eigenvalue weighted by Crippen LogP contribution is -2.56. The second kappa shape index (κ2) is 7.04. The predicted molar refractivity (Wildman–Crippen MR) is 98.3 cm³/mol. The number of nitriles is 1. The molecule has 1 aliphatic rings. The minimum Gasteiger partial charge on any atom is -0.493 e. The molecule has 0 unspecified atom stereocenters. The molecule has 28 heavy (non-hydrogen) atoms. The molecule has 8 heteroatoms. The first kappa shape index (κ1) is 17.5. The number of likely N-dealkylation sites (tertiary alicyclic amines) is 1. The first-order valence-corrected chi connectivity index (χ1v) is 8.52. The summed E-state index contributed by atoms with van der Waals surface area (Å²) < 4.78 is 16.1. The minimum absolute atomic E-state index is 0.0381. The van der Waals surface area contributed by atoms with Gasteiger partial charge in [0.15, 0.2) is 11.3 Å². The fourth-order valence-electron chi connectivity index (χ4n) is 2.99. The van der Waals surface area contributed by atoms with E-state index in [0.29, 0.717) is 41.3 Å². The van der Waals surface area contributed by atoms with Crippen molar-refractivity contribution in [1.82, 2.24) is 9.88 Å². The van der Waals surface area contributed by atoms with Gasteiger partial charge in [-0.05, 0) is 18.2 Å². The number of rotatable bonds is 4. The first-order valence-electron chi connectivity index (χ1n) is 8.52. The third-order valence-corrected chi connectivity index (χ3v) is 4.46. The Kier molecular flexibility index (Phi) is 4.41. The zero-order valence-corrected chi connectivity index (χ0v) is 14.9. The number of fused-ring (bicyclic) bond motifs is 1. The standard InChI is InChI=1S/C20H15N3O5/c1-26-16-4-2-3-13-8-15(20(25)28-18(13)16)19(24)23-10-14(11-23)27-17-7-12(9-21)5-6-22-17/h2-8,14H,10-11H2,1H3. The van der Waals surface area contributed by atoms with E-state index in [4.69, 9.17) is 19.2 Å². The van der Waals surface area contributed by atoms with Crippen LogP contribution in [0.15, 0.2) is 51.8 Å². The maximum Gasteiger partial charge on any atom is 0.349 e. The number of benzene rings is 1. The Morgan fingerprint density at radius 3 is 2.89 bits per heavy atom. The number of pyridine rings is 1. The third kappa shape index (κ3) is 3.14. The van der Waals surface area contributed by atoms with E-state index in [1.165, 1.54) is 30.3 Å². The van der Waals surface area contributed by atoms with Crippen LogP contribution in [0.5, 0.6) is 11.6 Å². The van der Waals surface area contributed by atoms with Gasteiger partial charge < -0.3 is 18.8 Å². The molecule has 1 saturated heterocycles. The van der Waals surface area contributed by atoms with Crippen molar-refractivity contribution >= 4 is 16.9 Å². The normalized spacial score (nSPS) is 13.6. The second-order valence-corrected chi connectivity index (χ2v) is 6.27. The van der Waals surface area contributed by atoms with Crippen LogP contribution in [0.1, 0.15) is 15.9 Å². The number of aromatic nitrogens is 1. The zero-order valence-electron chi connectivity index (χ0n) is 14.9. The van der Waals surface area contributed by atoms with Crippen LogP contribution in [0.2, 0.25) is 0 Å². The number of para-hydroxylation sites is 1. The smallest absolute Gasteiger partial charge is 0.349 e. The number of carbonyl (C=O) groups is 1. The molecule has 140 valence electrons. The summed E-state index contributed by atoms with van der Waals surface area (Å²) in [6, 6.07) is 11.8. The van der Waals surface area contributed by atoms with Crippen LogP contribution in [-0.4, -0.2) is 42.1 Å². The van der Waals surface area contributed by atoms with Gasteiger partial charge in [-0.2, -0.15) is 5.26 Å². The number of methoxy groups -OCH3 is 1. The quantitative estimate of drug-likeness (QED) is 0.640. The topological polar surface area (TPSA) is 106 Å². The summed E-state index contributed by atoms with van der Waals surface area (Å²) in [5.41, 5.74) is -0.000151. The van der Waals surface area contributed by atoms with E-state index < -0.39 is 11.5 Å². The molecule has 3 heterocycles. The summed E-state index contributed by atoms with van der Waals surface area (Å²) >= 11 is 0. The molecule has 4 rings (SSSR count). The summed E-state index contributed by atoms with van der Waals surface area (Å²) in [5.74, 6) is 0.337. The van der Waals surface area contributed by atoms with Gasteiger partial charge in [0.05, 0.1) is 31.8 Å². The third-order valence-electron chi connectivity index (χ3n) is 4.46. The number of hydrogen-bond donors (Lipinski definition) is 0. The summed E-state index contributed by atoms with van der Waals surface area (Å²) in [7, 11) is 1.48. The lowest BCUT2D eigenvalue weighted by molar-refractivity contribution is 0.0157. The van der Waals surface area contributed by atoms with Crippen LogP contribution < -0.4 is 15.1 Å². The van der Waals surface area contributed by atoms with Crippen LogP contribution in [0.25, 0.3) is 11.0 Å². The maximum absolute atomic E-state index is 12.7. The predicted octanol–water partition coefficient (Wildman–Crippen LogP) is 1.97. The van der Waals surface area contributed by atoms with Gasteiger partial charge in [-0.3, -0.25) is 4.79 Å². The molecule has 1 amide bonds. The van der Waals surface area contributed by atoms with E-state index in [-0.39, 0.29) is 11.7 Å². The maximum atomic E-state index is 12.7. The lowest BCUT2D eigenvalue weighted by atomic mass is 10.1. The Balaban J connectivity index is 1.48. The van der Waals surface area contributed by atoms with E-state index in [1.807, 2.05) is 6.07 Å². The summed E-state index contributed by atoms with van der Waals surface area (Å²) in [5, 5.41) is 9.51. The molecule has 0 aliphatic carbocycles. The Morgan fingerprint density at radius 2 is 2.14 bits per heavy atom. The van der Waals surface area contributed by atoms with Gasteiger partial charge in [0.2, 0.25) is 5.88 Å². The molecule has 0 bridgehead atoms. The van der Waals surface area contributed by atoms with E-state index in [9.17, 15) is 9.59 Å². The highest BCUT2D eigenvalue weighted by atomic mass is 16.5. The van der Waals surface area contributed by atoms with Crippen molar-refractivity contribution in [3.63, 3.8) is 0 Å². The van der Waals surface area contributed by atoms with Crippen molar-refractivity contribution in [1.29, 1.82) is 5.26 Å². The highest BCUT2D eigenvalue weighted by molar-refractivity contribution is 5.97. The number of hydrogen-bond acceptors (Lipinski definition) is 7. The number of ether oxygens (including phenoxy) is 2. The van der Waals surface area contributed by atoms with Gasteiger partial charge in [0.25, 0.3) is 5.91 Å². The van der Waals surface area contributed by atoms with Crippen molar-refractivity contribution in [3.05, 3.63) is 64.1 Å². The van der Waals surface area contributed by atoms with Crippen molar-refractivity contribution in [3.8, 4) is 17.7 Å². The monoisotopic (exact) mass is 377 g/mol. The van der Waals surface area contributed by atoms with Crippen molar-refractivity contribution in [2.75, 3.05) is 20.2 Å². The molecule has 0 radical (unpaired) electrons. The van der Waals surface area contributed by atoms with Gasteiger partial charge in [-0.15, -0.1) is 0 Å². The lowest BCUT2D eigenvalue weighted by Gasteiger charge is -2.38. The molecule has 1 fully saturated rings. The van der Waals surface area contributed by atoms with Gasteiger partial charge in [-0.25, -0.2) is 9.78 Å². The Hall–Kier alpha value is -3.86. The molecule has 0 atom stereocenters. The highest BCUT2D eigenvalue weighted by Crippen LogP contribution is 2.25. The zero-order chi connectivity index (χ0) is 19.7. The molecule has 8 nitrogen and oxygen atoms in total. The number of nitrogens with zero attached hydrogens (tertiary/aromatic N) is 3. The second-order valence-electron chi connectivity index (χ2n) is 6.27. The molecule has 1 aromatic carbocycles. The Bertz CT molecular complexity index is 1160. The van der Waals surface area contributed by atoms with E-state index in [2.05, 4.69) is 4.98 Å². The van der Waals surface area contributed by atoms with Crippen LogP contribution in [-0.2, 0) is 0 Å². The average molecular weight is 377 g/mol. The molecule has 1 aliphatic heterocycles. The van der Waals surface area contributed by atoms with Crippen LogP contribution in [0.4, 0.5) is 0 Å². The molecule has 2 aromatic heterocycles. The molecular weight excluding hydrogens is 362 g/mol. The molecule has 0 N–H and O–H groups in total. The van der Waals surface area contributed by atoms with Gasteiger partial charge >= 0.3 is 5.63 Å². The molecule has 0 saturated carbocycles. The van der Waals surface area contributed by atoms with E-state index in [0.717, 1.165) is 0 Å². The van der Waals surface area contributed by atoms with Gasteiger partial charge in [-0.1, -0.05) is 12.1 Å². The Morgan fingerprint density at radius 1 is 1.32 bits per heavy atom. The molecular formula is C20H15N3O5. The van der Waals surface area contributed by atoms with Crippen molar-refractivity contribution < 1.29 is 18.7 Å². The van der Waals surface area contributed by atoms with Crippen LogP contribution >= 0.6 is 0 Å². The fraction of sp³-hybridized carbons (Fsp3) is 0.200. The van der Waals surface area contributed by atoms with Gasteiger partial charge in [0.1, 0.15) is 11.7 Å². The summed E-state index contributed by atoms with van der Waals surface area (Å²) in [6.07, 6.45) is 1.24. The highest BCUT2D eigenvalue weighted by Gasteiger charge is 2.34. The largest absolute Gasteiger partial charge is 0.493 e. The van der Waals surface area contributed by atoms with E-state index in [1.54, 1.807) is 24.3 Å². The van der Waals surface area contributed by atoms with Gasteiger partial charge in [0, 0.05) is 17.6 Å². The first-order chi connectivity index (χ1) is 13.6. The van der Waals surface area contributed by atoms with Crippen molar-refractivity contribution in [2.24, 2.45) is 0 Å². The van der Waals surface area contributed by atoms with Crippen LogP contribution in [0.3, 0.4) is 0 Å². The summed E-state index contributed by atoms with van der Waals surface area (Å²) in [6.45, 7) is 0.625. The number of carbonyl (C=O) groups excluding carboxylic acids is 1.